The number of amides is 1. The second-order valence-electron chi connectivity index (χ2n) is 4.20. The number of hydrogen-bond donors (Lipinski definition) is 2. The van der Waals surface area contributed by atoms with Crippen LogP contribution in [0.2, 0.25) is 0 Å². The normalized spacial score (nSPS) is 10.8. The van der Waals surface area contributed by atoms with Gasteiger partial charge < -0.3 is 10.4 Å². The molecule has 0 spiro atoms. The number of carboxylic acid groups (broad SMARTS) is 1. The summed E-state index contributed by atoms with van der Waals surface area (Å²) in [6, 6.07) is 9.77. The van der Waals surface area contributed by atoms with Gasteiger partial charge in [0.1, 0.15) is 0 Å². The average molecular weight is 270 g/mol. The van der Waals surface area contributed by atoms with Crippen LogP contribution < -0.4 is 5.32 Å². The van der Waals surface area contributed by atoms with E-state index in [4.69, 9.17) is 5.11 Å². The molecule has 0 unspecified atom stereocenters. The molecule has 1 heterocycles. The first-order valence-electron chi connectivity index (χ1n) is 6.18. The Bertz CT molecular complexity index is 660. The lowest BCUT2D eigenvalue weighted by molar-refractivity contribution is -0.131. The van der Waals surface area contributed by atoms with Crippen LogP contribution in [0.25, 0.3) is 10.9 Å². The van der Waals surface area contributed by atoms with Crippen LogP contribution in [0.4, 0.5) is 0 Å². The maximum atomic E-state index is 11.3. The number of carbonyl (C=O) groups excluding carboxylic acids is 1. The van der Waals surface area contributed by atoms with Crippen molar-refractivity contribution in [2.45, 2.75) is 6.42 Å². The molecular weight excluding hydrogens is 256 g/mol. The third-order valence-corrected chi connectivity index (χ3v) is 2.79. The maximum Gasteiger partial charge on any atom is 0.328 e. The minimum atomic E-state index is -1.14. The average Bonchev–Trinajstić information content (AvgIpc) is 2.45. The molecule has 0 aliphatic carbocycles. The van der Waals surface area contributed by atoms with Crippen LogP contribution in [0.5, 0.6) is 0 Å². The predicted octanol–water partition coefficient (Wildman–Crippen LogP) is 1.53. The summed E-state index contributed by atoms with van der Waals surface area (Å²) in [7, 11) is 0. The molecule has 1 aromatic carbocycles. The fourth-order valence-electron chi connectivity index (χ4n) is 1.90. The lowest BCUT2D eigenvalue weighted by atomic mass is 10.1. The molecule has 1 aromatic heterocycles. The van der Waals surface area contributed by atoms with Crippen molar-refractivity contribution in [3.8, 4) is 0 Å². The molecule has 0 atom stereocenters. The minimum absolute atomic E-state index is 0.416. The Labute approximate surface area is 115 Å². The molecule has 0 saturated carbocycles. The number of aliphatic carboxylic acids is 1. The van der Waals surface area contributed by atoms with Crippen molar-refractivity contribution < 1.29 is 14.7 Å². The summed E-state index contributed by atoms with van der Waals surface area (Å²) in [6.07, 6.45) is 4.19. The lowest BCUT2D eigenvalue weighted by Crippen LogP contribution is -2.23. The summed E-state index contributed by atoms with van der Waals surface area (Å²) in [4.78, 5) is 25.9. The SMILES string of the molecule is O=C(O)/C=C/C(=O)NCCc1cccc2cccnc12. The van der Waals surface area contributed by atoms with Crippen LogP contribution in [0.3, 0.4) is 0 Å². The number of nitrogens with zero attached hydrogens (tertiary/aromatic N) is 1. The number of aromatic nitrogens is 1. The number of benzene rings is 1. The molecule has 2 rings (SSSR count). The van der Waals surface area contributed by atoms with E-state index in [0.717, 1.165) is 28.6 Å². The van der Waals surface area contributed by atoms with E-state index in [1.54, 1.807) is 6.20 Å². The van der Waals surface area contributed by atoms with E-state index in [2.05, 4.69) is 10.3 Å². The third kappa shape index (κ3) is 3.65. The van der Waals surface area contributed by atoms with Crippen molar-refractivity contribution in [1.29, 1.82) is 0 Å². The number of carbonyl (C=O) groups is 2. The van der Waals surface area contributed by atoms with Gasteiger partial charge in [-0.1, -0.05) is 24.3 Å². The monoisotopic (exact) mass is 270 g/mol. The standard InChI is InChI=1S/C15H14N2O3/c18-13(6-7-14(19)20)16-10-8-12-4-1-3-11-5-2-9-17-15(11)12/h1-7,9H,8,10H2,(H,16,18)(H,19,20)/b7-6+. The predicted molar refractivity (Wildman–Crippen MR) is 75.2 cm³/mol. The number of rotatable bonds is 5. The Morgan fingerprint density at radius 3 is 2.80 bits per heavy atom. The summed E-state index contributed by atoms with van der Waals surface area (Å²) >= 11 is 0. The molecule has 5 heteroatoms. The van der Waals surface area contributed by atoms with E-state index in [9.17, 15) is 9.59 Å². The van der Waals surface area contributed by atoms with Crippen LogP contribution >= 0.6 is 0 Å². The van der Waals surface area contributed by atoms with E-state index in [1.165, 1.54) is 0 Å². The quantitative estimate of drug-likeness (QED) is 0.808. The van der Waals surface area contributed by atoms with Gasteiger partial charge in [0, 0.05) is 30.3 Å². The van der Waals surface area contributed by atoms with E-state index in [0.29, 0.717) is 13.0 Å². The van der Waals surface area contributed by atoms with Gasteiger partial charge in [-0.15, -0.1) is 0 Å². The summed E-state index contributed by atoms with van der Waals surface area (Å²) in [6.45, 7) is 0.429. The summed E-state index contributed by atoms with van der Waals surface area (Å²) in [5.74, 6) is -1.56. The molecule has 102 valence electrons. The first-order chi connectivity index (χ1) is 9.66. The van der Waals surface area contributed by atoms with Gasteiger partial charge in [0.05, 0.1) is 5.52 Å². The van der Waals surface area contributed by atoms with Crippen LogP contribution in [-0.4, -0.2) is 28.5 Å². The number of para-hydroxylation sites is 1. The second-order valence-corrected chi connectivity index (χ2v) is 4.20. The molecule has 2 aromatic rings. The van der Waals surface area contributed by atoms with E-state index in [-0.39, 0.29) is 0 Å². The van der Waals surface area contributed by atoms with E-state index < -0.39 is 11.9 Å². The number of nitrogens with one attached hydrogen (secondary N) is 1. The Morgan fingerprint density at radius 1 is 1.20 bits per heavy atom. The minimum Gasteiger partial charge on any atom is -0.478 e. The van der Waals surface area contributed by atoms with Gasteiger partial charge in [-0.05, 0) is 18.1 Å². The van der Waals surface area contributed by atoms with E-state index in [1.807, 2.05) is 30.3 Å². The Hall–Kier alpha value is -2.69. The second kappa shape index (κ2) is 6.47. The van der Waals surface area contributed by atoms with Crippen molar-refractivity contribution in [2.24, 2.45) is 0 Å². The van der Waals surface area contributed by atoms with Gasteiger partial charge in [0.25, 0.3) is 0 Å². The highest BCUT2D eigenvalue weighted by atomic mass is 16.4. The van der Waals surface area contributed by atoms with Crippen molar-refractivity contribution in [3.05, 3.63) is 54.2 Å². The van der Waals surface area contributed by atoms with Gasteiger partial charge in [-0.25, -0.2) is 4.79 Å². The zero-order chi connectivity index (χ0) is 14.4. The molecule has 20 heavy (non-hydrogen) atoms. The van der Waals surface area contributed by atoms with Crippen molar-refractivity contribution in [2.75, 3.05) is 6.54 Å². The summed E-state index contributed by atoms with van der Waals surface area (Å²) in [5.41, 5.74) is 1.97. The summed E-state index contributed by atoms with van der Waals surface area (Å²) < 4.78 is 0. The van der Waals surface area contributed by atoms with Crippen LogP contribution in [0.1, 0.15) is 5.56 Å². The van der Waals surface area contributed by atoms with Gasteiger partial charge in [-0.3, -0.25) is 9.78 Å². The number of carboxylic acids is 1. The zero-order valence-electron chi connectivity index (χ0n) is 10.7. The van der Waals surface area contributed by atoms with Crippen molar-refractivity contribution in [1.82, 2.24) is 10.3 Å². The van der Waals surface area contributed by atoms with Crippen molar-refractivity contribution in [3.63, 3.8) is 0 Å². The molecule has 0 saturated heterocycles. The Kier molecular flexibility index (Phi) is 4.44. The van der Waals surface area contributed by atoms with Gasteiger partial charge in [0.2, 0.25) is 5.91 Å². The molecule has 5 nitrogen and oxygen atoms in total. The molecule has 0 bridgehead atoms. The number of hydrogen-bond acceptors (Lipinski definition) is 3. The smallest absolute Gasteiger partial charge is 0.328 e. The molecular formula is C15H14N2O3. The Balaban J connectivity index is 1.96. The van der Waals surface area contributed by atoms with Gasteiger partial charge >= 0.3 is 5.97 Å². The van der Waals surface area contributed by atoms with E-state index >= 15 is 0 Å². The Morgan fingerprint density at radius 2 is 2.00 bits per heavy atom. The van der Waals surface area contributed by atoms with Crippen molar-refractivity contribution >= 4 is 22.8 Å². The first-order valence-corrected chi connectivity index (χ1v) is 6.18. The van der Waals surface area contributed by atoms with Crippen LogP contribution in [-0.2, 0) is 16.0 Å². The topological polar surface area (TPSA) is 79.3 Å². The molecule has 0 aliphatic rings. The highest BCUT2D eigenvalue weighted by molar-refractivity contribution is 5.93. The maximum absolute atomic E-state index is 11.3. The lowest BCUT2D eigenvalue weighted by Gasteiger charge is -2.06. The first kappa shape index (κ1) is 13.7. The molecule has 2 N–H and O–H groups in total. The number of fused-ring (bicyclic) bond motifs is 1. The largest absolute Gasteiger partial charge is 0.478 e. The highest BCUT2D eigenvalue weighted by Gasteiger charge is 2.02. The zero-order valence-corrected chi connectivity index (χ0v) is 10.7. The fraction of sp³-hybridized carbons (Fsp3) is 0.133. The third-order valence-electron chi connectivity index (χ3n) is 2.79. The summed E-state index contributed by atoms with van der Waals surface area (Å²) in [5, 5.41) is 12.1. The molecule has 0 radical (unpaired) electrons. The highest BCUT2D eigenvalue weighted by Crippen LogP contribution is 2.15. The number of pyridine rings is 1. The van der Waals surface area contributed by atoms with Crippen LogP contribution in [0, 0.1) is 0 Å². The molecule has 0 fully saturated rings. The molecule has 1 amide bonds. The van der Waals surface area contributed by atoms with Gasteiger partial charge in [0.15, 0.2) is 0 Å². The van der Waals surface area contributed by atoms with Gasteiger partial charge in [-0.2, -0.15) is 0 Å². The fourth-order valence-corrected chi connectivity index (χ4v) is 1.90. The molecule has 0 aliphatic heterocycles. The van der Waals surface area contributed by atoms with Crippen LogP contribution in [0.15, 0.2) is 48.7 Å².